The van der Waals surface area contributed by atoms with E-state index in [0.717, 1.165) is 31.2 Å². The van der Waals surface area contributed by atoms with Crippen LogP contribution in [-0.4, -0.2) is 32.4 Å². The Labute approximate surface area is 127 Å². The Balaban J connectivity index is 2.43. The molecule has 1 fully saturated rings. The minimum absolute atomic E-state index is 0.103. The molecule has 1 aromatic carbocycles. The van der Waals surface area contributed by atoms with E-state index in [4.69, 9.17) is 5.73 Å². The summed E-state index contributed by atoms with van der Waals surface area (Å²) in [6.45, 7) is 2.14. The maximum atomic E-state index is 12.8. The lowest BCUT2D eigenvalue weighted by atomic mass is 10.1. The van der Waals surface area contributed by atoms with Crippen LogP contribution in [0.1, 0.15) is 36.8 Å². The number of rotatable bonds is 3. The van der Waals surface area contributed by atoms with Crippen LogP contribution in [0.2, 0.25) is 0 Å². The first-order chi connectivity index (χ1) is 9.96. The van der Waals surface area contributed by atoms with E-state index in [2.05, 4.69) is 11.8 Å². The van der Waals surface area contributed by atoms with Crippen LogP contribution in [0.25, 0.3) is 0 Å². The Morgan fingerprint density at radius 2 is 2.00 bits per heavy atom. The van der Waals surface area contributed by atoms with E-state index in [1.807, 2.05) is 13.0 Å². The summed E-state index contributed by atoms with van der Waals surface area (Å²) in [5.74, 6) is 5.63. The molecule has 2 N–H and O–H groups in total. The van der Waals surface area contributed by atoms with Gasteiger partial charge in [-0.3, -0.25) is 0 Å². The third-order valence-corrected chi connectivity index (χ3v) is 5.92. The number of hydrogen-bond acceptors (Lipinski definition) is 3. The summed E-state index contributed by atoms with van der Waals surface area (Å²) in [5.41, 5.74) is 6.92. The largest absolute Gasteiger partial charge is 0.320 e. The van der Waals surface area contributed by atoms with Crippen LogP contribution >= 0.6 is 0 Å². The highest BCUT2D eigenvalue weighted by molar-refractivity contribution is 7.89. The first-order valence-electron chi connectivity index (χ1n) is 7.24. The minimum Gasteiger partial charge on any atom is -0.320 e. The van der Waals surface area contributed by atoms with E-state index < -0.39 is 10.0 Å². The van der Waals surface area contributed by atoms with E-state index >= 15 is 0 Å². The van der Waals surface area contributed by atoms with Gasteiger partial charge in [0, 0.05) is 18.7 Å². The van der Waals surface area contributed by atoms with E-state index in [-0.39, 0.29) is 17.5 Å². The van der Waals surface area contributed by atoms with Crippen molar-refractivity contribution in [1.29, 1.82) is 0 Å². The molecule has 0 heterocycles. The molecule has 0 bridgehead atoms. The van der Waals surface area contributed by atoms with Crippen molar-refractivity contribution in [2.24, 2.45) is 5.73 Å². The fraction of sp³-hybridized carbons (Fsp3) is 0.500. The molecule has 0 radical (unpaired) electrons. The van der Waals surface area contributed by atoms with Crippen LogP contribution in [0.5, 0.6) is 0 Å². The average Bonchev–Trinajstić information content (AvgIpc) is 2.98. The van der Waals surface area contributed by atoms with Gasteiger partial charge in [0.25, 0.3) is 0 Å². The van der Waals surface area contributed by atoms with Crippen LogP contribution < -0.4 is 5.73 Å². The molecule has 1 aliphatic rings. The van der Waals surface area contributed by atoms with Gasteiger partial charge in [-0.1, -0.05) is 30.7 Å². The molecule has 0 unspecified atom stereocenters. The van der Waals surface area contributed by atoms with Gasteiger partial charge in [-0.15, -0.1) is 0 Å². The van der Waals surface area contributed by atoms with Crippen LogP contribution in [-0.2, 0) is 10.0 Å². The molecule has 2 rings (SSSR count). The third kappa shape index (κ3) is 3.46. The normalized spacial score (nSPS) is 16.0. The van der Waals surface area contributed by atoms with Gasteiger partial charge in [0.1, 0.15) is 0 Å². The number of nitrogens with two attached hydrogens (primary N) is 1. The molecule has 21 heavy (non-hydrogen) atoms. The lowest BCUT2D eigenvalue weighted by molar-refractivity contribution is 0.373. The highest BCUT2D eigenvalue weighted by Gasteiger charge is 2.31. The quantitative estimate of drug-likeness (QED) is 0.867. The van der Waals surface area contributed by atoms with Gasteiger partial charge in [-0.2, -0.15) is 4.31 Å². The van der Waals surface area contributed by atoms with Crippen LogP contribution in [0.4, 0.5) is 0 Å². The molecule has 0 saturated heterocycles. The van der Waals surface area contributed by atoms with Crippen molar-refractivity contribution < 1.29 is 8.42 Å². The zero-order valence-electron chi connectivity index (χ0n) is 12.6. The fourth-order valence-corrected chi connectivity index (χ4v) is 4.27. The summed E-state index contributed by atoms with van der Waals surface area (Å²) in [7, 11) is -1.84. The van der Waals surface area contributed by atoms with Crippen LogP contribution in [0, 0.1) is 18.8 Å². The molecule has 1 aromatic rings. The van der Waals surface area contributed by atoms with Gasteiger partial charge in [-0.25, -0.2) is 8.42 Å². The van der Waals surface area contributed by atoms with E-state index in [1.54, 1.807) is 19.2 Å². The average molecular weight is 306 g/mol. The first kappa shape index (κ1) is 16.0. The van der Waals surface area contributed by atoms with Gasteiger partial charge >= 0.3 is 0 Å². The molecule has 0 atom stereocenters. The molecule has 5 heteroatoms. The second-order valence-electron chi connectivity index (χ2n) is 5.47. The second-order valence-corrected chi connectivity index (χ2v) is 7.43. The van der Waals surface area contributed by atoms with Crippen molar-refractivity contribution in [3.8, 4) is 11.8 Å². The number of nitrogens with zero attached hydrogens (tertiary/aromatic N) is 1. The summed E-state index contributed by atoms with van der Waals surface area (Å²) in [5, 5.41) is 0. The lowest BCUT2D eigenvalue weighted by Gasteiger charge is -2.24. The maximum absolute atomic E-state index is 12.8. The summed E-state index contributed by atoms with van der Waals surface area (Å²) in [4.78, 5) is 0.281. The van der Waals surface area contributed by atoms with Gasteiger partial charge in [0.2, 0.25) is 10.0 Å². The molecular weight excluding hydrogens is 284 g/mol. The standard InChI is InChI=1S/C16H22N2O2S/c1-13-9-10-16(14(12-13)6-5-11-17)21(19,20)18(2)15-7-3-4-8-15/h9-10,12,15H,3-4,7-8,11,17H2,1-2H3. The van der Waals surface area contributed by atoms with E-state index in [0.29, 0.717) is 5.56 Å². The fourth-order valence-electron chi connectivity index (χ4n) is 2.73. The van der Waals surface area contributed by atoms with Gasteiger partial charge in [0.05, 0.1) is 11.4 Å². The molecule has 114 valence electrons. The molecule has 0 aromatic heterocycles. The van der Waals surface area contributed by atoms with Crippen LogP contribution in [0.3, 0.4) is 0 Å². The van der Waals surface area contributed by atoms with Crippen molar-refractivity contribution >= 4 is 10.0 Å². The van der Waals surface area contributed by atoms with Gasteiger partial charge < -0.3 is 5.73 Å². The number of hydrogen-bond donors (Lipinski definition) is 1. The highest BCUT2D eigenvalue weighted by atomic mass is 32.2. The van der Waals surface area contributed by atoms with Crippen molar-refractivity contribution in [3.63, 3.8) is 0 Å². The molecule has 0 spiro atoms. The Bertz CT molecular complexity index is 665. The summed E-state index contributed by atoms with van der Waals surface area (Å²) < 4.78 is 27.2. The Hall–Kier alpha value is -1.35. The summed E-state index contributed by atoms with van der Waals surface area (Å²) in [6.07, 6.45) is 4.06. The number of aryl methyl sites for hydroxylation is 1. The summed E-state index contributed by atoms with van der Waals surface area (Å²) in [6, 6.07) is 5.36. The zero-order valence-corrected chi connectivity index (χ0v) is 13.4. The van der Waals surface area contributed by atoms with Gasteiger partial charge in [-0.05, 0) is 37.5 Å². The number of benzene rings is 1. The highest BCUT2D eigenvalue weighted by Crippen LogP contribution is 2.28. The molecule has 1 saturated carbocycles. The van der Waals surface area contributed by atoms with Crippen molar-refractivity contribution in [2.45, 2.75) is 43.5 Å². The monoisotopic (exact) mass is 306 g/mol. The molecule has 0 aliphatic heterocycles. The first-order valence-corrected chi connectivity index (χ1v) is 8.68. The predicted molar refractivity (Wildman–Crippen MR) is 84.3 cm³/mol. The summed E-state index contributed by atoms with van der Waals surface area (Å²) >= 11 is 0. The molecule has 4 nitrogen and oxygen atoms in total. The lowest BCUT2D eigenvalue weighted by Crippen LogP contribution is -2.35. The smallest absolute Gasteiger partial charge is 0.244 e. The third-order valence-electron chi connectivity index (χ3n) is 3.96. The molecule has 1 aliphatic carbocycles. The van der Waals surface area contributed by atoms with E-state index in [9.17, 15) is 8.42 Å². The molecular formula is C16H22N2O2S. The zero-order chi connectivity index (χ0) is 15.5. The maximum Gasteiger partial charge on any atom is 0.244 e. The number of sulfonamides is 1. The van der Waals surface area contributed by atoms with Crippen molar-refractivity contribution in [3.05, 3.63) is 29.3 Å². The molecule has 0 amide bonds. The minimum atomic E-state index is -3.51. The van der Waals surface area contributed by atoms with Gasteiger partial charge in [0.15, 0.2) is 0 Å². The van der Waals surface area contributed by atoms with Crippen LogP contribution in [0.15, 0.2) is 23.1 Å². The topological polar surface area (TPSA) is 63.4 Å². The Kier molecular flexibility index (Phi) is 5.04. The second kappa shape index (κ2) is 6.61. The Morgan fingerprint density at radius 3 is 2.62 bits per heavy atom. The van der Waals surface area contributed by atoms with Crippen molar-refractivity contribution in [1.82, 2.24) is 4.31 Å². The van der Waals surface area contributed by atoms with E-state index in [1.165, 1.54) is 4.31 Å². The SMILES string of the molecule is Cc1ccc(S(=O)(=O)N(C)C2CCCC2)c(C#CCN)c1. The Morgan fingerprint density at radius 1 is 1.33 bits per heavy atom. The predicted octanol–water partition coefficient (Wildman–Crippen LogP) is 1.87. The van der Waals surface area contributed by atoms with Crippen molar-refractivity contribution in [2.75, 3.05) is 13.6 Å².